The normalized spacial score (nSPS) is 21.8. The number of hydrogen-bond acceptors (Lipinski definition) is 5. The molecule has 0 aliphatic carbocycles. The molecule has 0 fully saturated rings. The monoisotopic (exact) mass is 201 g/mol. The molecule has 5 nitrogen and oxygen atoms in total. The molecule has 0 saturated carbocycles. The van der Waals surface area contributed by atoms with Crippen molar-refractivity contribution in [1.29, 1.82) is 0 Å². The van der Waals surface area contributed by atoms with E-state index in [4.69, 9.17) is 5.11 Å². The van der Waals surface area contributed by atoms with Crippen LogP contribution in [0.1, 0.15) is 0 Å². The molecule has 13 heavy (non-hydrogen) atoms. The van der Waals surface area contributed by atoms with E-state index < -0.39 is 18.0 Å². The van der Waals surface area contributed by atoms with Crippen molar-refractivity contribution < 1.29 is 19.3 Å². The Hall–Kier alpha value is -0.975. The number of aliphatic imine (C=N–C) groups is 1. The first-order valence-corrected chi connectivity index (χ1v) is 4.76. The van der Waals surface area contributed by atoms with Crippen LogP contribution in [-0.2, 0) is 14.2 Å². The largest absolute Gasteiger partial charge is 0.542 e. The summed E-state index contributed by atoms with van der Waals surface area (Å²) in [5, 5.41) is 8.61. The highest BCUT2D eigenvalue weighted by molar-refractivity contribution is 8.00. The van der Waals surface area contributed by atoms with Crippen LogP contribution in [0.3, 0.4) is 0 Å². The van der Waals surface area contributed by atoms with Gasteiger partial charge in [0.2, 0.25) is 0 Å². The second kappa shape index (κ2) is 4.31. The zero-order valence-corrected chi connectivity index (χ0v) is 7.84. The van der Waals surface area contributed by atoms with Gasteiger partial charge < -0.3 is 9.76 Å². The van der Waals surface area contributed by atoms with Gasteiger partial charge in [0.05, 0.1) is 0 Å². The molecular weight excluding hydrogens is 193 g/mol. The highest BCUT2D eigenvalue weighted by atomic mass is 32.2. The molecule has 1 aliphatic rings. The Bertz CT molecular complexity index is 267. The van der Waals surface area contributed by atoms with E-state index in [2.05, 4.69) is 9.65 Å². The second-order valence-corrected chi connectivity index (χ2v) is 3.47. The molecule has 0 aromatic heterocycles. The summed E-state index contributed by atoms with van der Waals surface area (Å²) < 4.78 is 4.47. The molecule has 1 heterocycles. The number of aliphatic carboxylic acids is 1. The van der Waals surface area contributed by atoms with Gasteiger partial charge in [0.1, 0.15) is 5.71 Å². The summed E-state index contributed by atoms with van der Waals surface area (Å²) in [6, 6.07) is -0.658. The van der Waals surface area contributed by atoms with Crippen molar-refractivity contribution in [3.8, 4) is 0 Å². The molecule has 0 aromatic rings. The van der Waals surface area contributed by atoms with Gasteiger partial charge in [-0.2, -0.15) is 11.8 Å². The molecule has 7 heteroatoms. The predicted octanol–water partition coefficient (Wildman–Crippen LogP) is -1.28. The van der Waals surface area contributed by atoms with Crippen molar-refractivity contribution in [2.45, 2.75) is 6.04 Å². The average molecular weight is 201 g/mol. The lowest BCUT2D eigenvalue weighted by atomic mass is 10.3. The van der Waals surface area contributed by atoms with E-state index in [1.165, 1.54) is 19.8 Å². The summed E-state index contributed by atoms with van der Waals surface area (Å²) in [5.74, 6) is -0.709. The number of carbonyl (C=O) groups excluding carboxylic acids is 1. The van der Waals surface area contributed by atoms with E-state index in [-0.39, 0.29) is 5.71 Å². The van der Waals surface area contributed by atoms with Crippen molar-refractivity contribution in [2.24, 2.45) is 4.99 Å². The molecule has 1 atom stereocenters. The SMILES string of the molecule is BOC(=O)C1CSCC(C(=O)O)=N1. The first kappa shape index (κ1) is 10.1. The number of carbonyl (C=O) groups is 2. The molecule has 0 saturated heterocycles. The van der Waals surface area contributed by atoms with Gasteiger partial charge in [0.25, 0.3) is 0 Å². The molecule has 0 spiro atoms. The summed E-state index contributed by atoms with van der Waals surface area (Å²) in [5.41, 5.74) is 0.0339. The Labute approximate surface area is 80.0 Å². The summed E-state index contributed by atoms with van der Waals surface area (Å²) in [6.45, 7) is 0. The second-order valence-electron chi connectivity index (χ2n) is 2.44. The smallest absolute Gasteiger partial charge is 0.350 e. The zero-order chi connectivity index (χ0) is 9.84. The number of rotatable bonds is 2. The number of hydrogen-bond donors (Lipinski definition) is 1. The molecular formula is C6H8BNO4S. The number of thioether (sulfide) groups is 1. The average Bonchev–Trinajstić information content (AvgIpc) is 2.17. The lowest BCUT2D eigenvalue weighted by Gasteiger charge is -2.16. The summed E-state index contributed by atoms with van der Waals surface area (Å²) >= 11 is 1.37. The van der Waals surface area contributed by atoms with E-state index in [0.29, 0.717) is 11.5 Å². The molecule has 70 valence electrons. The first-order valence-electron chi connectivity index (χ1n) is 3.60. The van der Waals surface area contributed by atoms with Crippen LogP contribution in [0.25, 0.3) is 0 Å². The van der Waals surface area contributed by atoms with Crippen LogP contribution in [0, 0.1) is 0 Å². The fraction of sp³-hybridized carbons (Fsp3) is 0.500. The molecule has 1 N–H and O–H groups in total. The van der Waals surface area contributed by atoms with Gasteiger partial charge in [-0.25, -0.2) is 4.79 Å². The summed E-state index contributed by atoms with van der Waals surface area (Å²) in [7, 11) is 1.26. The fourth-order valence-electron chi connectivity index (χ4n) is 0.904. The first-order chi connectivity index (χ1) is 6.15. The highest BCUT2D eigenvalue weighted by Crippen LogP contribution is 2.14. The minimum atomic E-state index is -1.07. The van der Waals surface area contributed by atoms with E-state index in [9.17, 15) is 9.59 Å². The molecule has 0 amide bonds. The Kier molecular flexibility index (Phi) is 3.35. The van der Waals surface area contributed by atoms with Crippen LogP contribution in [-0.4, -0.2) is 48.4 Å². The quantitative estimate of drug-likeness (QED) is 0.563. The lowest BCUT2D eigenvalue weighted by Crippen LogP contribution is -2.32. The fourth-order valence-corrected chi connectivity index (χ4v) is 1.85. The third kappa shape index (κ3) is 2.48. The van der Waals surface area contributed by atoms with Crippen molar-refractivity contribution in [3.63, 3.8) is 0 Å². The standard InChI is InChI=1S/C6H8BNO4S/c7-12-6(11)4-2-13-1-3(8-4)5(9)10/h4H,1-2,7H2,(H,9,10). The maximum absolute atomic E-state index is 11.0. The van der Waals surface area contributed by atoms with Crippen molar-refractivity contribution >= 4 is 37.5 Å². The van der Waals surface area contributed by atoms with Gasteiger partial charge in [-0.15, -0.1) is 0 Å². The van der Waals surface area contributed by atoms with Crippen LogP contribution in [0.2, 0.25) is 0 Å². The number of carboxylic acid groups (broad SMARTS) is 1. The Balaban J connectivity index is 2.73. The van der Waals surface area contributed by atoms with Crippen LogP contribution in [0.5, 0.6) is 0 Å². The van der Waals surface area contributed by atoms with E-state index in [1.54, 1.807) is 0 Å². The number of carboxylic acids is 1. The molecule has 1 unspecified atom stereocenters. The molecule has 0 bridgehead atoms. The lowest BCUT2D eigenvalue weighted by molar-refractivity contribution is -0.134. The van der Waals surface area contributed by atoms with Crippen LogP contribution in [0.15, 0.2) is 4.99 Å². The molecule has 1 aliphatic heterocycles. The predicted molar refractivity (Wildman–Crippen MR) is 50.8 cm³/mol. The van der Waals surface area contributed by atoms with Gasteiger partial charge in [0, 0.05) is 11.5 Å². The molecule has 0 aromatic carbocycles. The van der Waals surface area contributed by atoms with Crippen molar-refractivity contribution in [2.75, 3.05) is 11.5 Å². The van der Waals surface area contributed by atoms with Gasteiger partial charge in [-0.1, -0.05) is 0 Å². The zero-order valence-electron chi connectivity index (χ0n) is 7.02. The van der Waals surface area contributed by atoms with Gasteiger partial charge >= 0.3 is 20.0 Å². The van der Waals surface area contributed by atoms with E-state index in [0.717, 1.165) is 0 Å². The minimum Gasteiger partial charge on any atom is -0.542 e. The molecule has 0 radical (unpaired) electrons. The maximum Gasteiger partial charge on any atom is 0.350 e. The van der Waals surface area contributed by atoms with Crippen LogP contribution < -0.4 is 0 Å². The summed E-state index contributed by atoms with van der Waals surface area (Å²) in [4.78, 5) is 25.3. The Morgan fingerprint density at radius 2 is 2.38 bits per heavy atom. The Morgan fingerprint density at radius 3 is 2.92 bits per heavy atom. The van der Waals surface area contributed by atoms with Crippen LogP contribution >= 0.6 is 11.8 Å². The minimum absolute atomic E-state index is 0.0339. The van der Waals surface area contributed by atoms with Gasteiger partial charge in [0.15, 0.2) is 6.04 Å². The molecule has 1 rings (SSSR count). The Morgan fingerprint density at radius 1 is 1.69 bits per heavy atom. The van der Waals surface area contributed by atoms with Crippen molar-refractivity contribution in [3.05, 3.63) is 0 Å². The highest BCUT2D eigenvalue weighted by Gasteiger charge is 2.25. The summed E-state index contributed by atoms with van der Waals surface area (Å²) in [6.07, 6.45) is 0. The third-order valence-corrected chi connectivity index (χ3v) is 2.58. The topological polar surface area (TPSA) is 76.0 Å². The van der Waals surface area contributed by atoms with Crippen LogP contribution in [0.4, 0.5) is 0 Å². The third-order valence-electron chi connectivity index (χ3n) is 1.55. The maximum atomic E-state index is 11.0. The van der Waals surface area contributed by atoms with Gasteiger partial charge in [-0.3, -0.25) is 9.79 Å². The van der Waals surface area contributed by atoms with E-state index >= 15 is 0 Å². The van der Waals surface area contributed by atoms with Gasteiger partial charge in [-0.05, 0) is 0 Å². The number of nitrogens with zero attached hydrogens (tertiary/aromatic N) is 1. The van der Waals surface area contributed by atoms with Crippen molar-refractivity contribution in [1.82, 2.24) is 0 Å². The van der Waals surface area contributed by atoms with E-state index in [1.807, 2.05) is 0 Å².